The molecule has 1 aliphatic heterocycles. The molecule has 7 heteroatoms. The zero-order valence-corrected chi connectivity index (χ0v) is 15.8. The largest absolute Gasteiger partial charge is 0.326 e. The average molecular weight is 389 g/mol. The highest BCUT2D eigenvalue weighted by atomic mass is 32.2. The summed E-state index contributed by atoms with van der Waals surface area (Å²) in [6.45, 7) is 0.453. The number of nitrogens with zero attached hydrogens (tertiary/aromatic N) is 1. The first-order valence-electron chi connectivity index (χ1n) is 7.77. The van der Waals surface area contributed by atoms with Gasteiger partial charge in [0.15, 0.2) is 0 Å². The van der Waals surface area contributed by atoms with Crippen molar-refractivity contribution in [2.24, 2.45) is 0 Å². The van der Waals surface area contributed by atoms with E-state index in [1.165, 1.54) is 11.8 Å². The van der Waals surface area contributed by atoms with E-state index in [9.17, 15) is 9.59 Å². The third-order valence-electron chi connectivity index (χ3n) is 3.53. The maximum absolute atomic E-state index is 12.5. The van der Waals surface area contributed by atoms with Gasteiger partial charge in [0.2, 0.25) is 5.91 Å². The van der Waals surface area contributed by atoms with Gasteiger partial charge in [-0.1, -0.05) is 48.2 Å². The number of benzene rings is 1. The lowest BCUT2D eigenvalue weighted by Crippen LogP contribution is -2.29. The number of thiocarbonyl (C=S) groups is 1. The van der Waals surface area contributed by atoms with Crippen LogP contribution in [0.25, 0.3) is 6.08 Å². The van der Waals surface area contributed by atoms with E-state index in [4.69, 9.17) is 12.2 Å². The van der Waals surface area contributed by atoms with Crippen LogP contribution in [-0.2, 0) is 9.59 Å². The maximum atomic E-state index is 12.5. The number of carbonyl (C=O) groups excluding carboxylic acids is 2. The van der Waals surface area contributed by atoms with Crippen molar-refractivity contribution >= 4 is 63.2 Å². The zero-order chi connectivity index (χ0) is 17.6. The summed E-state index contributed by atoms with van der Waals surface area (Å²) in [7, 11) is 0. The number of nitrogens with one attached hydrogen (secondary N) is 1. The Morgan fingerprint density at radius 2 is 2.00 bits per heavy atom. The minimum atomic E-state index is -0.0770. The monoisotopic (exact) mass is 388 g/mol. The highest BCUT2D eigenvalue weighted by Crippen LogP contribution is 2.33. The molecular formula is C18H16N2O2S3. The van der Waals surface area contributed by atoms with Crippen LogP contribution in [0.1, 0.15) is 17.7 Å². The molecule has 0 atom stereocenters. The number of thioether (sulfide) groups is 1. The third-order valence-corrected chi connectivity index (χ3v) is 5.73. The van der Waals surface area contributed by atoms with Crippen LogP contribution >= 0.6 is 35.3 Å². The molecule has 0 spiro atoms. The summed E-state index contributed by atoms with van der Waals surface area (Å²) in [4.78, 5) is 27.7. The Morgan fingerprint density at radius 3 is 2.72 bits per heavy atom. The molecule has 25 heavy (non-hydrogen) atoms. The standard InChI is InChI=1S/C18H16N2O2S3/c21-16(19-13-6-2-1-3-7-13)9-4-10-20-17(22)15(25-18(20)23)12-14-8-5-11-24-14/h1-3,5-8,11-12H,4,9-10H2,(H,19,21)/b15-12-. The van der Waals surface area contributed by atoms with Crippen LogP contribution in [0.2, 0.25) is 0 Å². The lowest BCUT2D eigenvalue weighted by molar-refractivity contribution is -0.122. The summed E-state index contributed by atoms with van der Waals surface area (Å²) in [6.07, 6.45) is 2.78. The Labute approximate surface area is 159 Å². The van der Waals surface area contributed by atoms with E-state index < -0.39 is 0 Å². The Hall–Kier alpha value is -1.96. The first kappa shape index (κ1) is 17.8. The summed E-state index contributed by atoms with van der Waals surface area (Å²) < 4.78 is 0.552. The van der Waals surface area contributed by atoms with Crippen LogP contribution in [0.3, 0.4) is 0 Å². The summed E-state index contributed by atoms with van der Waals surface area (Å²) in [5.74, 6) is -0.141. The molecule has 2 amide bonds. The number of carbonyl (C=O) groups is 2. The van der Waals surface area contributed by atoms with E-state index in [1.54, 1.807) is 16.2 Å². The maximum Gasteiger partial charge on any atom is 0.266 e. The first-order valence-corrected chi connectivity index (χ1v) is 9.88. The molecule has 0 unspecified atom stereocenters. The molecule has 0 radical (unpaired) electrons. The van der Waals surface area contributed by atoms with Crippen molar-refractivity contribution in [3.05, 3.63) is 57.6 Å². The minimum absolute atomic E-state index is 0.0641. The molecule has 128 valence electrons. The fourth-order valence-corrected chi connectivity index (χ4v) is 4.37. The molecule has 2 aromatic rings. The van der Waals surface area contributed by atoms with Gasteiger partial charge in [-0.2, -0.15) is 0 Å². The van der Waals surface area contributed by atoms with E-state index in [1.807, 2.05) is 53.9 Å². The Kier molecular flexibility index (Phi) is 6.01. The minimum Gasteiger partial charge on any atom is -0.326 e. The number of para-hydroxylation sites is 1. The summed E-state index contributed by atoms with van der Waals surface area (Å²) in [5, 5.41) is 4.81. The second-order valence-corrected chi connectivity index (χ2v) is 8.02. The van der Waals surface area contributed by atoms with Gasteiger partial charge in [-0.3, -0.25) is 14.5 Å². The van der Waals surface area contributed by atoms with Crippen molar-refractivity contribution < 1.29 is 9.59 Å². The zero-order valence-electron chi connectivity index (χ0n) is 13.3. The molecule has 1 aromatic carbocycles. The van der Waals surface area contributed by atoms with Gasteiger partial charge in [-0.15, -0.1) is 11.3 Å². The van der Waals surface area contributed by atoms with E-state index in [0.717, 1.165) is 10.6 Å². The van der Waals surface area contributed by atoms with Gasteiger partial charge < -0.3 is 5.32 Å². The van der Waals surface area contributed by atoms with Gasteiger partial charge in [-0.25, -0.2) is 0 Å². The fraction of sp³-hybridized carbons (Fsp3) is 0.167. The van der Waals surface area contributed by atoms with E-state index >= 15 is 0 Å². The molecule has 4 nitrogen and oxygen atoms in total. The number of hydrogen-bond donors (Lipinski definition) is 1. The molecule has 1 N–H and O–H groups in total. The van der Waals surface area contributed by atoms with Crippen LogP contribution in [0, 0.1) is 0 Å². The predicted octanol–water partition coefficient (Wildman–Crippen LogP) is 4.37. The predicted molar refractivity (Wildman–Crippen MR) is 109 cm³/mol. The van der Waals surface area contributed by atoms with Crippen molar-refractivity contribution in [2.75, 3.05) is 11.9 Å². The van der Waals surface area contributed by atoms with Gasteiger partial charge in [0.05, 0.1) is 4.91 Å². The van der Waals surface area contributed by atoms with Crippen molar-refractivity contribution in [1.29, 1.82) is 0 Å². The SMILES string of the molecule is O=C(CCCN1C(=O)/C(=C/c2cccs2)SC1=S)Nc1ccccc1. The smallest absolute Gasteiger partial charge is 0.266 e. The highest BCUT2D eigenvalue weighted by molar-refractivity contribution is 8.26. The van der Waals surface area contributed by atoms with Crippen molar-refractivity contribution in [3.8, 4) is 0 Å². The fourth-order valence-electron chi connectivity index (χ4n) is 2.34. The van der Waals surface area contributed by atoms with Crippen LogP contribution in [0.15, 0.2) is 52.7 Å². The molecule has 2 heterocycles. The highest BCUT2D eigenvalue weighted by Gasteiger charge is 2.31. The molecule has 3 rings (SSSR count). The Bertz CT molecular complexity index is 801. The summed E-state index contributed by atoms with van der Waals surface area (Å²) >= 11 is 8.20. The van der Waals surface area contributed by atoms with Crippen LogP contribution in [0.4, 0.5) is 5.69 Å². The molecule has 1 saturated heterocycles. The molecule has 1 aliphatic rings. The quantitative estimate of drug-likeness (QED) is 0.590. The van der Waals surface area contributed by atoms with Crippen molar-refractivity contribution in [2.45, 2.75) is 12.8 Å². The molecule has 1 aromatic heterocycles. The second-order valence-electron chi connectivity index (χ2n) is 5.37. The van der Waals surface area contributed by atoms with Gasteiger partial charge in [0.25, 0.3) is 5.91 Å². The van der Waals surface area contributed by atoms with Gasteiger partial charge in [0, 0.05) is 23.5 Å². The normalized spacial score (nSPS) is 15.8. The topological polar surface area (TPSA) is 49.4 Å². The number of rotatable bonds is 6. The lowest BCUT2D eigenvalue weighted by atomic mass is 10.2. The lowest BCUT2D eigenvalue weighted by Gasteiger charge is -2.14. The average Bonchev–Trinajstić information content (AvgIpc) is 3.19. The van der Waals surface area contributed by atoms with Crippen LogP contribution in [-0.4, -0.2) is 27.6 Å². The van der Waals surface area contributed by atoms with Crippen LogP contribution < -0.4 is 5.32 Å². The molecule has 0 aliphatic carbocycles. The molecule has 0 saturated carbocycles. The van der Waals surface area contributed by atoms with Crippen molar-refractivity contribution in [3.63, 3.8) is 0 Å². The Morgan fingerprint density at radius 1 is 1.20 bits per heavy atom. The number of thiophene rings is 1. The number of hydrogen-bond acceptors (Lipinski definition) is 5. The molecule has 1 fully saturated rings. The van der Waals surface area contributed by atoms with Gasteiger partial charge in [0.1, 0.15) is 4.32 Å². The molecule has 0 bridgehead atoms. The summed E-state index contributed by atoms with van der Waals surface area (Å²) in [5.41, 5.74) is 0.775. The van der Waals surface area contributed by atoms with Crippen LogP contribution in [0.5, 0.6) is 0 Å². The van der Waals surface area contributed by atoms with E-state index in [0.29, 0.717) is 28.6 Å². The number of anilines is 1. The Balaban J connectivity index is 1.50. The molecular weight excluding hydrogens is 372 g/mol. The van der Waals surface area contributed by atoms with Gasteiger partial charge >= 0.3 is 0 Å². The van der Waals surface area contributed by atoms with E-state index in [-0.39, 0.29) is 11.8 Å². The second kappa shape index (κ2) is 8.42. The van der Waals surface area contributed by atoms with Crippen molar-refractivity contribution in [1.82, 2.24) is 4.90 Å². The first-order chi connectivity index (χ1) is 12.1. The third kappa shape index (κ3) is 4.78. The van der Waals surface area contributed by atoms with E-state index in [2.05, 4.69) is 5.32 Å². The number of amides is 2. The summed E-state index contributed by atoms with van der Waals surface area (Å²) in [6, 6.07) is 13.2. The van der Waals surface area contributed by atoms with Gasteiger partial charge in [-0.05, 0) is 36.1 Å².